The van der Waals surface area contributed by atoms with Gasteiger partial charge < -0.3 is 45.5 Å². The zero-order valence-corrected chi connectivity index (χ0v) is 37.9. The number of halogens is 1. The van der Waals surface area contributed by atoms with E-state index in [1.54, 1.807) is 139 Å². The largest absolute Gasteiger partial charge is 0.444 e. The molecule has 0 spiro atoms. The zero-order valence-electron chi connectivity index (χ0n) is 37.9. The summed E-state index contributed by atoms with van der Waals surface area (Å²) in [6.45, 7) is 11.0. The lowest BCUT2D eigenvalue weighted by atomic mass is 10.0. The van der Waals surface area contributed by atoms with Crippen molar-refractivity contribution in [3.8, 4) is 11.3 Å². The van der Waals surface area contributed by atoms with Gasteiger partial charge in [0.15, 0.2) is 5.82 Å². The van der Waals surface area contributed by atoms with Crippen molar-refractivity contribution in [2.45, 2.75) is 103 Å². The average molecular weight is 902 g/mol. The predicted molar refractivity (Wildman–Crippen MR) is 248 cm³/mol. The topological polar surface area (TPSA) is 191 Å². The molecule has 66 heavy (non-hydrogen) atoms. The lowest BCUT2D eigenvalue weighted by Crippen LogP contribution is -2.49. The van der Waals surface area contributed by atoms with Crippen LogP contribution in [0, 0.1) is 5.82 Å². The van der Waals surface area contributed by atoms with Crippen molar-refractivity contribution in [2.24, 2.45) is 0 Å². The second-order valence-electron chi connectivity index (χ2n) is 18.5. The highest BCUT2D eigenvalue weighted by Gasteiger charge is 2.40. The first-order chi connectivity index (χ1) is 31.3. The molecule has 7 rings (SSSR count). The number of carbonyl (C=O) groups is 6. The Kier molecular flexibility index (Phi) is 13.8. The summed E-state index contributed by atoms with van der Waals surface area (Å²) >= 11 is 0. The maximum absolute atomic E-state index is 16.2. The second-order valence-corrected chi connectivity index (χ2v) is 18.5. The Labute approximate surface area is 382 Å². The number of carbonyl (C=O) groups excluding carboxylic acids is 6. The Morgan fingerprint density at radius 3 is 1.52 bits per heavy atom. The molecule has 6 amide bonds. The van der Waals surface area contributed by atoms with Crippen LogP contribution < -0.4 is 21.3 Å². The fraction of sp³-hybridized carbons (Fsp3) is 0.360. The maximum Gasteiger partial charge on any atom is 0.408 e. The number of ether oxygens (including phenoxy) is 2. The summed E-state index contributed by atoms with van der Waals surface area (Å²) in [4.78, 5) is 87.2. The van der Waals surface area contributed by atoms with Crippen LogP contribution in [0.3, 0.4) is 0 Å². The molecular weight excluding hydrogens is 846 g/mol. The first kappa shape index (κ1) is 46.8. The Hall–Kier alpha value is -7.23. The Morgan fingerprint density at radius 2 is 1.06 bits per heavy atom. The van der Waals surface area contributed by atoms with Crippen LogP contribution in [0.2, 0.25) is 0 Å². The molecule has 0 unspecified atom stereocenters. The highest BCUT2D eigenvalue weighted by atomic mass is 19.1. The lowest BCUT2D eigenvalue weighted by molar-refractivity contribution is -0.138. The molecule has 346 valence electrons. The van der Waals surface area contributed by atoms with E-state index in [4.69, 9.17) is 9.47 Å². The number of fused-ring (bicyclic) bond motifs is 1. The number of amides is 6. The van der Waals surface area contributed by atoms with Crippen LogP contribution in [-0.4, -0.2) is 87.0 Å². The average Bonchev–Trinajstić information content (AvgIpc) is 4.04. The molecule has 16 heteroatoms. The number of aromatic amines is 1. The molecule has 0 radical (unpaired) electrons. The standard InChI is InChI=1S/C50H56FN7O8/c1-49(2,3)65-47(63)55-41(30-15-9-7-10-16-30)45(61)57-27-13-19-37(57)43(59)52-33-23-21-32(22-24-33)40-39(51)35-29-34(25-26-36(35)54-40)53-44(60)38-20-14-28-58(38)46(62)42(31-17-11-8-12-18-31)56-48(64)66-50(4,5)6/h7-12,15-18,21-26,29,37-38,41-42,54H,13-14,19-20,27-28H2,1-6H3,(H,52,59)(H,53,60)(H,55,63)(H,56,64)/t37-,38-,41+,42+/m0/s1. The highest BCUT2D eigenvalue weighted by Crippen LogP contribution is 2.33. The number of aromatic nitrogens is 1. The molecule has 0 aliphatic carbocycles. The van der Waals surface area contributed by atoms with Crippen molar-refractivity contribution in [2.75, 3.05) is 23.7 Å². The highest BCUT2D eigenvalue weighted by molar-refractivity contribution is 6.01. The number of anilines is 2. The zero-order chi connectivity index (χ0) is 47.3. The normalized spacial score (nSPS) is 17.1. The van der Waals surface area contributed by atoms with Gasteiger partial charge in [-0.1, -0.05) is 72.8 Å². The molecule has 2 aliphatic rings. The summed E-state index contributed by atoms with van der Waals surface area (Å²) in [7, 11) is 0. The smallest absolute Gasteiger partial charge is 0.408 e. The van der Waals surface area contributed by atoms with Gasteiger partial charge in [0.05, 0.1) is 5.69 Å². The minimum Gasteiger partial charge on any atom is -0.444 e. The van der Waals surface area contributed by atoms with Gasteiger partial charge in [0.2, 0.25) is 11.8 Å². The molecule has 3 heterocycles. The van der Waals surface area contributed by atoms with Crippen molar-refractivity contribution in [3.05, 3.63) is 120 Å². The Balaban J connectivity index is 1.01. The van der Waals surface area contributed by atoms with E-state index in [0.29, 0.717) is 72.4 Å². The van der Waals surface area contributed by atoms with Gasteiger partial charge in [-0.2, -0.15) is 0 Å². The van der Waals surface area contributed by atoms with Crippen LogP contribution in [0.4, 0.5) is 25.4 Å². The fourth-order valence-electron chi connectivity index (χ4n) is 8.26. The molecular formula is C50H56FN7O8. The first-order valence-corrected chi connectivity index (χ1v) is 22.1. The molecule has 4 aromatic carbocycles. The number of rotatable bonds is 11. The number of nitrogens with zero attached hydrogens (tertiary/aromatic N) is 2. The predicted octanol–water partition coefficient (Wildman–Crippen LogP) is 8.37. The second kappa shape index (κ2) is 19.5. The Bertz CT molecular complexity index is 2590. The quantitative estimate of drug-likeness (QED) is 0.0874. The van der Waals surface area contributed by atoms with Gasteiger partial charge >= 0.3 is 12.2 Å². The van der Waals surface area contributed by atoms with Crippen LogP contribution in [0.5, 0.6) is 0 Å². The molecule has 1 aromatic heterocycles. The third-order valence-corrected chi connectivity index (χ3v) is 11.2. The van der Waals surface area contributed by atoms with E-state index in [2.05, 4.69) is 26.3 Å². The first-order valence-electron chi connectivity index (χ1n) is 22.1. The SMILES string of the molecule is CC(C)(C)OC(=O)N[C@@H](C(=O)N1CCC[C@H]1C(=O)Nc1ccc(-c2[nH]c3ccc(NC(=O)[C@@H]4CCCN4C(=O)[C@H](NC(=O)OC(C)(C)C)c4ccccc4)cc3c2F)cc1)c1ccccc1. The van der Waals surface area contributed by atoms with E-state index < -0.39 is 77.0 Å². The van der Waals surface area contributed by atoms with Crippen molar-refractivity contribution < 1.29 is 42.6 Å². The molecule has 0 saturated carbocycles. The number of alkyl carbamates (subject to hydrolysis) is 2. The van der Waals surface area contributed by atoms with Gasteiger partial charge in [0.1, 0.15) is 35.4 Å². The molecule has 0 bridgehead atoms. The van der Waals surface area contributed by atoms with Gasteiger partial charge in [-0.05, 0) is 109 Å². The van der Waals surface area contributed by atoms with Crippen LogP contribution in [-0.2, 0) is 28.7 Å². The minimum atomic E-state index is -1.09. The third kappa shape index (κ3) is 11.2. The summed E-state index contributed by atoms with van der Waals surface area (Å²) in [5.41, 5.74) is 1.45. The number of likely N-dealkylation sites (tertiary alicyclic amines) is 2. The third-order valence-electron chi connectivity index (χ3n) is 11.2. The molecule has 15 nitrogen and oxygen atoms in total. The van der Waals surface area contributed by atoms with Crippen LogP contribution >= 0.6 is 0 Å². The fourth-order valence-corrected chi connectivity index (χ4v) is 8.26. The monoisotopic (exact) mass is 901 g/mol. The molecule has 5 aromatic rings. The maximum atomic E-state index is 16.2. The molecule has 4 atom stereocenters. The summed E-state index contributed by atoms with van der Waals surface area (Å²) < 4.78 is 27.0. The van der Waals surface area contributed by atoms with Crippen molar-refractivity contribution in [3.63, 3.8) is 0 Å². The van der Waals surface area contributed by atoms with Crippen molar-refractivity contribution in [1.29, 1.82) is 0 Å². The number of benzene rings is 4. The van der Waals surface area contributed by atoms with Crippen molar-refractivity contribution >= 4 is 58.1 Å². The van der Waals surface area contributed by atoms with E-state index in [9.17, 15) is 28.8 Å². The molecule has 2 saturated heterocycles. The van der Waals surface area contributed by atoms with E-state index in [1.165, 1.54) is 15.9 Å². The Morgan fingerprint density at radius 1 is 0.621 bits per heavy atom. The van der Waals surface area contributed by atoms with E-state index in [-0.39, 0.29) is 11.1 Å². The number of nitrogens with one attached hydrogen (secondary N) is 5. The van der Waals surface area contributed by atoms with Crippen LogP contribution in [0.1, 0.15) is 90.4 Å². The number of hydrogen-bond acceptors (Lipinski definition) is 8. The van der Waals surface area contributed by atoms with E-state index in [1.807, 2.05) is 0 Å². The van der Waals surface area contributed by atoms with Gasteiger partial charge in [0, 0.05) is 40.9 Å². The minimum absolute atomic E-state index is 0.195. The molecule has 2 aliphatic heterocycles. The molecule has 5 N–H and O–H groups in total. The van der Waals surface area contributed by atoms with Gasteiger partial charge in [-0.15, -0.1) is 0 Å². The summed E-state index contributed by atoms with van der Waals surface area (Å²) in [5.74, 6) is -2.29. The van der Waals surface area contributed by atoms with Gasteiger partial charge in [-0.25, -0.2) is 14.0 Å². The van der Waals surface area contributed by atoms with E-state index in [0.717, 1.165) is 0 Å². The summed E-state index contributed by atoms with van der Waals surface area (Å²) in [6, 6.07) is 25.2. The summed E-state index contributed by atoms with van der Waals surface area (Å²) in [6.07, 6.45) is 0.454. The lowest BCUT2D eigenvalue weighted by Gasteiger charge is -2.29. The molecule has 2 fully saturated rings. The van der Waals surface area contributed by atoms with Gasteiger partial charge in [-0.3, -0.25) is 19.2 Å². The summed E-state index contributed by atoms with van der Waals surface area (Å²) in [5, 5.41) is 11.4. The van der Waals surface area contributed by atoms with Gasteiger partial charge in [0.25, 0.3) is 11.8 Å². The van der Waals surface area contributed by atoms with Crippen LogP contribution in [0.15, 0.2) is 103 Å². The van der Waals surface area contributed by atoms with E-state index >= 15 is 4.39 Å². The van der Waals surface area contributed by atoms with Crippen LogP contribution in [0.25, 0.3) is 22.2 Å². The number of hydrogen-bond donors (Lipinski definition) is 5. The number of H-pyrrole nitrogens is 1. The van der Waals surface area contributed by atoms with Crippen molar-refractivity contribution in [1.82, 2.24) is 25.4 Å².